The molecule has 7 nitrogen and oxygen atoms in total. The fraction of sp³-hybridized carbons (Fsp3) is 0.158. The van der Waals surface area contributed by atoms with E-state index in [0.29, 0.717) is 12.2 Å². The summed E-state index contributed by atoms with van der Waals surface area (Å²) in [7, 11) is -3.76. The highest BCUT2D eigenvalue weighted by molar-refractivity contribution is 8.00. The third-order valence-corrected chi connectivity index (χ3v) is 6.05. The Kier molecular flexibility index (Phi) is 5.87. The molecule has 146 valence electrons. The van der Waals surface area contributed by atoms with Gasteiger partial charge >= 0.3 is 0 Å². The van der Waals surface area contributed by atoms with Gasteiger partial charge in [-0.2, -0.15) is 0 Å². The number of imidazole rings is 1. The topological polar surface area (TPSA) is 107 Å². The van der Waals surface area contributed by atoms with Crippen LogP contribution in [0.1, 0.15) is 6.92 Å². The van der Waals surface area contributed by atoms with Crippen LogP contribution in [0.5, 0.6) is 0 Å². The van der Waals surface area contributed by atoms with Crippen LogP contribution in [0.3, 0.4) is 0 Å². The number of para-hydroxylation sites is 2. The number of carbonyl (C=O) groups excluding carboxylic acids is 1. The van der Waals surface area contributed by atoms with Crippen molar-refractivity contribution in [2.45, 2.75) is 28.8 Å². The van der Waals surface area contributed by atoms with Gasteiger partial charge in [-0.15, -0.1) is 6.58 Å². The van der Waals surface area contributed by atoms with Crippen LogP contribution in [0.25, 0.3) is 11.0 Å². The Bertz CT molecular complexity index is 1120. The summed E-state index contributed by atoms with van der Waals surface area (Å²) in [6, 6.07) is 13.5. The van der Waals surface area contributed by atoms with E-state index in [1.807, 2.05) is 28.8 Å². The summed E-state index contributed by atoms with van der Waals surface area (Å²) < 4.78 is 24.6. The molecule has 1 aromatic heterocycles. The first-order valence-corrected chi connectivity index (χ1v) is 10.9. The Morgan fingerprint density at radius 3 is 2.61 bits per heavy atom. The van der Waals surface area contributed by atoms with Crippen molar-refractivity contribution in [1.82, 2.24) is 9.55 Å². The van der Waals surface area contributed by atoms with Crippen molar-refractivity contribution in [1.29, 1.82) is 0 Å². The second-order valence-electron chi connectivity index (χ2n) is 6.10. The summed E-state index contributed by atoms with van der Waals surface area (Å²) in [4.78, 5) is 17.2. The second kappa shape index (κ2) is 8.17. The van der Waals surface area contributed by atoms with Crippen LogP contribution in [-0.2, 0) is 21.4 Å². The predicted octanol–water partition coefficient (Wildman–Crippen LogP) is 2.99. The number of sulfonamides is 1. The van der Waals surface area contributed by atoms with Crippen LogP contribution in [0.15, 0.2) is 71.2 Å². The fourth-order valence-electron chi connectivity index (χ4n) is 2.63. The number of hydrogen-bond donors (Lipinski definition) is 2. The minimum atomic E-state index is -3.76. The van der Waals surface area contributed by atoms with Crippen LogP contribution in [-0.4, -0.2) is 29.1 Å². The van der Waals surface area contributed by atoms with Crippen molar-refractivity contribution in [3.05, 3.63) is 61.2 Å². The molecule has 1 heterocycles. The van der Waals surface area contributed by atoms with Crippen LogP contribution < -0.4 is 10.5 Å². The average Bonchev–Trinajstić information content (AvgIpc) is 2.99. The Morgan fingerprint density at radius 2 is 1.96 bits per heavy atom. The number of thioether (sulfide) groups is 1. The average molecular weight is 417 g/mol. The zero-order valence-corrected chi connectivity index (χ0v) is 16.8. The summed E-state index contributed by atoms with van der Waals surface area (Å²) in [5.41, 5.74) is 2.33. The lowest BCUT2D eigenvalue weighted by molar-refractivity contribution is -0.115. The van der Waals surface area contributed by atoms with E-state index in [1.54, 1.807) is 13.0 Å². The highest BCUT2D eigenvalue weighted by Crippen LogP contribution is 2.28. The molecular weight excluding hydrogens is 396 g/mol. The molecule has 28 heavy (non-hydrogen) atoms. The molecule has 0 bridgehead atoms. The van der Waals surface area contributed by atoms with Crippen molar-refractivity contribution >= 4 is 44.4 Å². The van der Waals surface area contributed by atoms with Gasteiger partial charge in [0, 0.05) is 12.2 Å². The number of nitrogens with zero attached hydrogens (tertiary/aromatic N) is 2. The number of nitrogens with two attached hydrogens (primary N) is 1. The Morgan fingerprint density at radius 1 is 1.29 bits per heavy atom. The molecule has 0 aliphatic heterocycles. The SMILES string of the molecule is C=CCn1c(S[C@H](C)C(=O)Nc2ccc(S(N)(=O)=O)cc2)nc2ccccc21. The summed E-state index contributed by atoms with van der Waals surface area (Å²) in [6.07, 6.45) is 1.79. The van der Waals surface area contributed by atoms with Crippen molar-refractivity contribution in [2.24, 2.45) is 5.14 Å². The first-order valence-electron chi connectivity index (χ1n) is 8.46. The Balaban J connectivity index is 1.75. The number of primary sulfonamides is 1. The number of anilines is 1. The molecule has 1 atom stereocenters. The van der Waals surface area contributed by atoms with Gasteiger partial charge in [0.1, 0.15) is 0 Å². The van der Waals surface area contributed by atoms with Crippen molar-refractivity contribution in [2.75, 3.05) is 5.32 Å². The maximum absolute atomic E-state index is 12.6. The summed E-state index contributed by atoms with van der Waals surface area (Å²) in [6.45, 7) is 6.17. The smallest absolute Gasteiger partial charge is 0.238 e. The molecule has 0 radical (unpaired) electrons. The van der Waals surface area contributed by atoms with Gasteiger partial charge in [0.15, 0.2) is 5.16 Å². The summed E-state index contributed by atoms with van der Waals surface area (Å²) >= 11 is 1.35. The lowest BCUT2D eigenvalue weighted by Crippen LogP contribution is -2.23. The van der Waals surface area contributed by atoms with E-state index < -0.39 is 15.3 Å². The van der Waals surface area contributed by atoms with Crippen LogP contribution in [0.4, 0.5) is 5.69 Å². The van der Waals surface area contributed by atoms with E-state index in [2.05, 4.69) is 16.9 Å². The minimum Gasteiger partial charge on any atom is -0.325 e. The quantitative estimate of drug-likeness (QED) is 0.455. The molecule has 3 N–H and O–H groups in total. The molecule has 3 rings (SSSR count). The van der Waals surface area contributed by atoms with E-state index in [1.165, 1.54) is 36.0 Å². The minimum absolute atomic E-state index is 0.00827. The highest BCUT2D eigenvalue weighted by atomic mass is 32.2. The van der Waals surface area contributed by atoms with Gasteiger partial charge in [-0.1, -0.05) is 30.0 Å². The Labute approximate surface area is 167 Å². The Hall–Kier alpha value is -2.62. The molecule has 0 fully saturated rings. The first kappa shape index (κ1) is 20.1. The number of benzene rings is 2. The third kappa shape index (κ3) is 4.44. The standard InChI is InChI=1S/C19H20N4O3S2/c1-3-12-23-17-7-5-4-6-16(17)22-19(23)27-13(2)18(24)21-14-8-10-15(11-9-14)28(20,25)26/h3-11,13H,1,12H2,2H3,(H,21,24)(H2,20,25,26)/t13-/m1/s1. The van der Waals surface area contributed by atoms with Crippen molar-refractivity contribution in [3.63, 3.8) is 0 Å². The lowest BCUT2D eigenvalue weighted by Gasteiger charge is -2.13. The number of hydrogen-bond acceptors (Lipinski definition) is 5. The molecule has 0 aliphatic carbocycles. The maximum atomic E-state index is 12.6. The highest BCUT2D eigenvalue weighted by Gasteiger charge is 2.19. The molecule has 0 spiro atoms. The van der Waals surface area contributed by atoms with Gasteiger partial charge in [-0.25, -0.2) is 18.5 Å². The maximum Gasteiger partial charge on any atom is 0.238 e. The van der Waals surface area contributed by atoms with Gasteiger partial charge in [-0.05, 0) is 43.3 Å². The normalized spacial score (nSPS) is 12.6. The molecule has 3 aromatic rings. The largest absolute Gasteiger partial charge is 0.325 e. The molecule has 0 saturated carbocycles. The van der Waals surface area contributed by atoms with E-state index in [4.69, 9.17) is 5.14 Å². The predicted molar refractivity (Wildman–Crippen MR) is 112 cm³/mol. The van der Waals surface area contributed by atoms with Crippen LogP contribution in [0, 0.1) is 0 Å². The first-order chi connectivity index (χ1) is 13.3. The van der Waals surface area contributed by atoms with Gasteiger partial charge in [0.2, 0.25) is 15.9 Å². The van der Waals surface area contributed by atoms with E-state index in [-0.39, 0.29) is 10.8 Å². The lowest BCUT2D eigenvalue weighted by atomic mass is 10.3. The number of rotatable bonds is 7. The fourth-order valence-corrected chi connectivity index (χ4v) is 4.08. The molecule has 9 heteroatoms. The molecule has 0 saturated heterocycles. The molecule has 0 unspecified atom stereocenters. The monoisotopic (exact) mass is 416 g/mol. The van der Waals surface area contributed by atoms with E-state index >= 15 is 0 Å². The molecule has 1 amide bonds. The number of amides is 1. The second-order valence-corrected chi connectivity index (χ2v) is 8.97. The van der Waals surface area contributed by atoms with Gasteiger partial charge in [0.05, 0.1) is 21.2 Å². The summed E-state index contributed by atoms with van der Waals surface area (Å²) in [5, 5.41) is 8.16. The zero-order valence-electron chi connectivity index (χ0n) is 15.2. The number of nitrogens with one attached hydrogen (secondary N) is 1. The summed E-state index contributed by atoms with van der Waals surface area (Å²) in [5.74, 6) is -0.217. The van der Waals surface area contributed by atoms with Gasteiger partial charge in [0.25, 0.3) is 0 Å². The number of aromatic nitrogens is 2. The third-order valence-electron chi connectivity index (χ3n) is 4.03. The number of carbonyl (C=O) groups is 1. The number of fused-ring (bicyclic) bond motifs is 1. The van der Waals surface area contributed by atoms with Crippen molar-refractivity contribution in [3.8, 4) is 0 Å². The number of allylic oxidation sites excluding steroid dienone is 1. The van der Waals surface area contributed by atoms with Gasteiger partial charge in [-0.3, -0.25) is 4.79 Å². The van der Waals surface area contributed by atoms with Crippen LogP contribution >= 0.6 is 11.8 Å². The van der Waals surface area contributed by atoms with Crippen LogP contribution in [0.2, 0.25) is 0 Å². The molecule has 0 aliphatic rings. The van der Waals surface area contributed by atoms with Crippen molar-refractivity contribution < 1.29 is 13.2 Å². The zero-order chi connectivity index (χ0) is 20.3. The van der Waals surface area contributed by atoms with Gasteiger partial charge < -0.3 is 9.88 Å². The molecular formula is C19H20N4O3S2. The van der Waals surface area contributed by atoms with E-state index in [0.717, 1.165) is 16.2 Å². The van der Waals surface area contributed by atoms with E-state index in [9.17, 15) is 13.2 Å². The molecule has 2 aromatic carbocycles.